The molecule has 2 unspecified atom stereocenters. The fourth-order valence-electron chi connectivity index (χ4n) is 3.16. The standard InChI is InChI=1S/C17H27N/c1-12(2)15-6-5-7-16(11-15)18-17-9-8-13(3)10-14(17)4/h8-10,12,15-16,18H,5-7,11H2,1-4H3. The molecule has 1 saturated carbocycles. The third-order valence-electron chi connectivity index (χ3n) is 4.40. The highest BCUT2D eigenvalue weighted by Crippen LogP contribution is 2.32. The minimum atomic E-state index is 0.674. The van der Waals surface area contributed by atoms with Gasteiger partial charge in [0.2, 0.25) is 0 Å². The van der Waals surface area contributed by atoms with Gasteiger partial charge in [0.25, 0.3) is 0 Å². The number of rotatable bonds is 3. The molecule has 1 heteroatoms. The Morgan fingerprint density at radius 1 is 1.17 bits per heavy atom. The molecule has 1 aliphatic carbocycles. The maximum absolute atomic E-state index is 3.76. The van der Waals surface area contributed by atoms with Gasteiger partial charge in [0.15, 0.2) is 0 Å². The molecule has 1 aromatic rings. The molecule has 1 fully saturated rings. The summed E-state index contributed by atoms with van der Waals surface area (Å²) in [5.74, 6) is 1.73. The van der Waals surface area contributed by atoms with Crippen molar-refractivity contribution in [3.63, 3.8) is 0 Å². The third-order valence-corrected chi connectivity index (χ3v) is 4.40. The van der Waals surface area contributed by atoms with Gasteiger partial charge < -0.3 is 5.32 Å². The first-order valence-electron chi connectivity index (χ1n) is 7.40. The highest BCUT2D eigenvalue weighted by Gasteiger charge is 2.24. The summed E-state index contributed by atoms with van der Waals surface area (Å²) in [7, 11) is 0. The molecule has 0 aliphatic heterocycles. The van der Waals surface area contributed by atoms with Gasteiger partial charge in [-0.1, -0.05) is 44.4 Å². The Balaban J connectivity index is 2.00. The summed E-state index contributed by atoms with van der Waals surface area (Å²) in [6.07, 6.45) is 5.47. The zero-order chi connectivity index (χ0) is 13.1. The van der Waals surface area contributed by atoms with E-state index in [-0.39, 0.29) is 0 Å². The van der Waals surface area contributed by atoms with Crippen LogP contribution in [-0.4, -0.2) is 6.04 Å². The van der Waals surface area contributed by atoms with Crippen molar-refractivity contribution in [3.8, 4) is 0 Å². The molecule has 0 bridgehead atoms. The lowest BCUT2D eigenvalue weighted by Crippen LogP contribution is -2.29. The molecule has 1 nitrogen and oxygen atoms in total. The summed E-state index contributed by atoms with van der Waals surface area (Å²) < 4.78 is 0. The minimum absolute atomic E-state index is 0.674. The summed E-state index contributed by atoms with van der Waals surface area (Å²) in [6, 6.07) is 7.39. The zero-order valence-corrected chi connectivity index (χ0v) is 12.3. The van der Waals surface area contributed by atoms with Gasteiger partial charge >= 0.3 is 0 Å². The highest BCUT2D eigenvalue weighted by molar-refractivity contribution is 5.52. The van der Waals surface area contributed by atoms with E-state index in [9.17, 15) is 0 Å². The molecular formula is C17H27N. The van der Waals surface area contributed by atoms with Gasteiger partial charge in [0.05, 0.1) is 0 Å². The topological polar surface area (TPSA) is 12.0 Å². The molecule has 0 radical (unpaired) electrons. The molecule has 100 valence electrons. The van der Waals surface area contributed by atoms with E-state index in [0.29, 0.717) is 6.04 Å². The van der Waals surface area contributed by atoms with Crippen LogP contribution < -0.4 is 5.32 Å². The fourth-order valence-corrected chi connectivity index (χ4v) is 3.16. The van der Waals surface area contributed by atoms with E-state index in [2.05, 4.69) is 51.2 Å². The van der Waals surface area contributed by atoms with E-state index in [0.717, 1.165) is 11.8 Å². The van der Waals surface area contributed by atoms with Crippen molar-refractivity contribution in [2.75, 3.05) is 5.32 Å². The average Bonchev–Trinajstić information content (AvgIpc) is 2.33. The lowest BCUT2D eigenvalue weighted by molar-refractivity contribution is 0.264. The third kappa shape index (κ3) is 3.28. The number of benzene rings is 1. The van der Waals surface area contributed by atoms with Gasteiger partial charge in [-0.05, 0) is 50.2 Å². The van der Waals surface area contributed by atoms with Crippen LogP contribution in [0, 0.1) is 25.7 Å². The molecular weight excluding hydrogens is 218 g/mol. The second-order valence-corrected chi connectivity index (χ2v) is 6.33. The van der Waals surface area contributed by atoms with Gasteiger partial charge in [-0.2, -0.15) is 0 Å². The van der Waals surface area contributed by atoms with Gasteiger partial charge in [-0.15, -0.1) is 0 Å². The normalized spacial score (nSPS) is 24.3. The van der Waals surface area contributed by atoms with Crippen LogP contribution in [0.15, 0.2) is 18.2 Å². The van der Waals surface area contributed by atoms with Crippen LogP contribution in [0.2, 0.25) is 0 Å². The summed E-state index contributed by atoms with van der Waals surface area (Å²) >= 11 is 0. The zero-order valence-electron chi connectivity index (χ0n) is 12.3. The quantitative estimate of drug-likeness (QED) is 0.796. The van der Waals surface area contributed by atoms with Crippen LogP contribution in [0.3, 0.4) is 0 Å². The van der Waals surface area contributed by atoms with Gasteiger partial charge in [-0.3, -0.25) is 0 Å². The lowest BCUT2D eigenvalue weighted by Gasteiger charge is -2.33. The molecule has 0 amide bonds. The first-order chi connectivity index (χ1) is 8.56. The molecule has 2 atom stereocenters. The minimum Gasteiger partial charge on any atom is -0.382 e. The van der Waals surface area contributed by atoms with Crippen molar-refractivity contribution in [1.82, 2.24) is 0 Å². The van der Waals surface area contributed by atoms with Crippen LogP contribution in [0.1, 0.15) is 50.7 Å². The molecule has 18 heavy (non-hydrogen) atoms. The number of aryl methyl sites for hydroxylation is 2. The van der Waals surface area contributed by atoms with Crippen LogP contribution in [-0.2, 0) is 0 Å². The first kappa shape index (κ1) is 13.5. The predicted octanol–water partition coefficient (Wildman–Crippen LogP) is 4.93. The van der Waals surface area contributed by atoms with Crippen LogP contribution in [0.5, 0.6) is 0 Å². The predicted molar refractivity (Wildman–Crippen MR) is 80.1 cm³/mol. The number of anilines is 1. The fraction of sp³-hybridized carbons (Fsp3) is 0.647. The Morgan fingerprint density at radius 3 is 2.61 bits per heavy atom. The molecule has 1 aliphatic rings. The number of hydrogen-bond acceptors (Lipinski definition) is 1. The smallest absolute Gasteiger partial charge is 0.0372 e. The van der Waals surface area contributed by atoms with Crippen molar-refractivity contribution in [2.24, 2.45) is 11.8 Å². The van der Waals surface area contributed by atoms with E-state index in [1.54, 1.807) is 0 Å². The number of nitrogens with one attached hydrogen (secondary N) is 1. The Bertz CT molecular complexity index is 395. The highest BCUT2D eigenvalue weighted by atomic mass is 14.9. The second kappa shape index (κ2) is 5.77. The molecule has 0 spiro atoms. The maximum atomic E-state index is 3.76. The summed E-state index contributed by atoms with van der Waals surface area (Å²) in [5.41, 5.74) is 4.05. The second-order valence-electron chi connectivity index (χ2n) is 6.33. The largest absolute Gasteiger partial charge is 0.382 e. The van der Waals surface area contributed by atoms with Crippen molar-refractivity contribution in [3.05, 3.63) is 29.3 Å². The molecule has 1 N–H and O–H groups in total. The van der Waals surface area contributed by atoms with Crippen molar-refractivity contribution in [1.29, 1.82) is 0 Å². The van der Waals surface area contributed by atoms with Gasteiger partial charge in [0, 0.05) is 11.7 Å². The van der Waals surface area contributed by atoms with E-state index in [1.165, 1.54) is 42.5 Å². The van der Waals surface area contributed by atoms with Gasteiger partial charge in [-0.25, -0.2) is 0 Å². The summed E-state index contributed by atoms with van der Waals surface area (Å²) in [5, 5.41) is 3.76. The summed E-state index contributed by atoms with van der Waals surface area (Å²) in [6.45, 7) is 9.10. The molecule has 2 rings (SSSR count). The van der Waals surface area contributed by atoms with Crippen molar-refractivity contribution in [2.45, 2.75) is 59.4 Å². The Labute approximate surface area is 112 Å². The Hall–Kier alpha value is -0.980. The Morgan fingerprint density at radius 2 is 1.94 bits per heavy atom. The maximum Gasteiger partial charge on any atom is 0.0372 e. The average molecular weight is 245 g/mol. The van der Waals surface area contributed by atoms with Gasteiger partial charge in [0.1, 0.15) is 0 Å². The monoisotopic (exact) mass is 245 g/mol. The Kier molecular flexibility index (Phi) is 4.31. The van der Waals surface area contributed by atoms with Crippen LogP contribution >= 0.6 is 0 Å². The first-order valence-corrected chi connectivity index (χ1v) is 7.40. The van der Waals surface area contributed by atoms with Crippen LogP contribution in [0.25, 0.3) is 0 Å². The van der Waals surface area contributed by atoms with E-state index in [1.807, 2.05) is 0 Å². The molecule has 0 heterocycles. The van der Waals surface area contributed by atoms with E-state index < -0.39 is 0 Å². The van der Waals surface area contributed by atoms with Crippen molar-refractivity contribution >= 4 is 5.69 Å². The SMILES string of the molecule is Cc1ccc(NC2CCCC(C(C)C)C2)c(C)c1. The molecule has 0 saturated heterocycles. The molecule has 1 aromatic carbocycles. The van der Waals surface area contributed by atoms with E-state index in [4.69, 9.17) is 0 Å². The lowest BCUT2D eigenvalue weighted by atomic mass is 9.79. The van der Waals surface area contributed by atoms with E-state index >= 15 is 0 Å². The summed E-state index contributed by atoms with van der Waals surface area (Å²) in [4.78, 5) is 0. The van der Waals surface area contributed by atoms with Crippen molar-refractivity contribution < 1.29 is 0 Å². The number of hydrogen-bond donors (Lipinski definition) is 1. The molecule has 0 aromatic heterocycles. The van der Waals surface area contributed by atoms with Crippen LogP contribution in [0.4, 0.5) is 5.69 Å².